The highest BCUT2D eigenvalue weighted by Crippen LogP contribution is 2.29. The third-order valence-electron chi connectivity index (χ3n) is 5.43. The highest BCUT2D eigenvalue weighted by atomic mass is 32.1. The number of amides is 2. The van der Waals surface area contributed by atoms with Crippen LogP contribution in [0.5, 0.6) is 0 Å². The molecule has 2 amide bonds. The Balaban J connectivity index is 1.47. The molecule has 0 unspecified atom stereocenters. The molecule has 0 radical (unpaired) electrons. The van der Waals surface area contributed by atoms with Crippen LogP contribution >= 0.6 is 11.3 Å². The molecule has 24 heavy (non-hydrogen) atoms. The van der Waals surface area contributed by atoms with Gasteiger partial charge in [0.15, 0.2) is 0 Å². The lowest BCUT2D eigenvalue weighted by Crippen LogP contribution is -2.50. The molecule has 1 saturated carbocycles. The van der Waals surface area contributed by atoms with Crippen molar-refractivity contribution in [1.82, 2.24) is 9.80 Å². The summed E-state index contributed by atoms with van der Waals surface area (Å²) in [4.78, 5) is 31.1. The lowest BCUT2D eigenvalue weighted by Gasteiger charge is -2.35. The van der Waals surface area contributed by atoms with Crippen molar-refractivity contribution in [2.45, 2.75) is 52.4 Å². The van der Waals surface area contributed by atoms with Crippen molar-refractivity contribution >= 4 is 23.2 Å². The third kappa shape index (κ3) is 4.00. The Morgan fingerprint density at radius 2 is 1.71 bits per heavy atom. The lowest BCUT2D eigenvalue weighted by molar-refractivity contribution is -0.133. The second kappa shape index (κ2) is 7.68. The van der Waals surface area contributed by atoms with Crippen LogP contribution in [0.15, 0.2) is 6.07 Å². The molecule has 2 aliphatic rings. The van der Waals surface area contributed by atoms with Crippen molar-refractivity contribution in [1.29, 1.82) is 0 Å². The molecule has 0 N–H and O–H groups in total. The van der Waals surface area contributed by atoms with E-state index in [-0.39, 0.29) is 11.8 Å². The van der Waals surface area contributed by atoms with E-state index >= 15 is 0 Å². The number of rotatable bonds is 4. The van der Waals surface area contributed by atoms with Crippen LogP contribution in [-0.2, 0) is 4.79 Å². The summed E-state index contributed by atoms with van der Waals surface area (Å²) < 4.78 is 0. The largest absolute Gasteiger partial charge is 0.339 e. The van der Waals surface area contributed by atoms with E-state index in [0.717, 1.165) is 22.8 Å². The maximum Gasteiger partial charge on any atom is 0.255 e. The normalized spacial score (nSPS) is 19.1. The Labute approximate surface area is 148 Å². The lowest BCUT2D eigenvalue weighted by atomic mass is 10.0. The van der Waals surface area contributed by atoms with Crippen LogP contribution in [0, 0.1) is 19.8 Å². The molecule has 2 fully saturated rings. The fourth-order valence-corrected chi connectivity index (χ4v) is 4.87. The first-order valence-electron chi connectivity index (χ1n) is 9.18. The molecule has 0 bridgehead atoms. The molecule has 1 aromatic rings. The quantitative estimate of drug-likeness (QED) is 0.834. The number of carbonyl (C=O) groups excluding carboxylic acids is 2. The van der Waals surface area contributed by atoms with Gasteiger partial charge in [-0.25, -0.2) is 0 Å². The number of piperazine rings is 1. The molecule has 1 saturated heterocycles. The predicted octanol–water partition coefficient (Wildman–Crippen LogP) is 3.62. The molecule has 0 spiro atoms. The zero-order valence-corrected chi connectivity index (χ0v) is 15.7. The first-order chi connectivity index (χ1) is 11.5. The first-order valence-corrected chi connectivity index (χ1v) is 10.0. The molecule has 5 heteroatoms. The molecule has 0 aromatic carbocycles. The van der Waals surface area contributed by atoms with E-state index < -0.39 is 0 Å². The van der Waals surface area contributed by atoms with Gasteiger partial charge in [-0.15, -0.1) is 11.3 Å². The van der Waals surface area contributed by atoms with Crippen molar-refractivity contribution < 1.29 is 9.59 Å². The molecule has 3 rings (SSSR count). The molecule has 2 heterocycles. The summed E-state index contributed by atoms with van der Waals surface area (Å²) in [5, 5.41) is 0. The molecule has 4 nitrogen and oxygen atoms in total. The summed E-state index contributed by atoms with van der Waals surface area (Å²) in [6, 6.07) is 1.99. The van der Waals surface area contributed by atoms with Gasteiger partial charge < -0.3 is 9.80 Å². The zero-order valence-electron chi connectivity index (χ0n) is 14.8. The highest BCUT2D eigenvalue weighted by Gasteiger charge is 2.26. The van der Waals surface area contributed by atoms with Gasteiger partial charge in [-0.1, -0.05) is 25.7 Å². The van der Waals surface area contributed by atoms with Crippen LogP contribution < -0.4 is 0 Å². The predicted molar refractivity (Wildman–Crippen MR) is 97.5 cm³/mol. The molecule has 0 atom stereocenters. The van der Waals surface area contributed by atoms with E-state index in [0.29, 0.717) is 32.6 Å². The zero-order chi connectivity index (χ0) is 17.1. The maximum atomic E-state index is 12.6. The molecule has 1 aliphatic heterocycles. The SMILES string of the molecule is Cc1cc(C(=O)N2CCN(C(=O)CCC3CCCC3)CC2)c(C)s1. The molecule has 1 aliphatic carbocycles. The smallest absolute Gasteiger partial charge is 0.255 e. The number of hydrogen-bond acceptors (Lipinski definition) is 3. The minimum Gasteiger partial charge on any atom is -0.339 e. The minimum absolute atomic E-state index is 0.120. The molecular formula is C19H28N2O2S. The Hall–Kier alpha value is -1.36. The number of aryl methyl sites for hydroxylation is 2. The van der Waals surface area contributed by atoms with Crippen molar-refractivity contribution in [2.24, 2.45) is 5.92 Å². The highest BCUT2D eigenvalue weighted by molar-refractivity contribution is 7.12. The van der Waals surface area contributed by atoms with Gasteiger partial charge in [0.2, 0.25) is 5.91 Å². The van der Waals surface area contributed by atoms with Crippen LogP contribution in [0.4, 0.5) is 0 Å². The van der Waals surface area contributed by atoms with Crippen molar-refractivity contribution in [3.8, 4) is 0 Å². The van der Waals surface area contributed by atoms with E-state index in [1.165, 1.54) is 30.6 Å². The average Bonchev–Trinajstić information content (AvgIpc) is 3.21. The second-order valence-corrected chi connectivity index (χ2v) is 8.65. The number of thiophene rings is 1. The van der Waals surface area contributed by atoms with Gasteiger partial charge in [0.25, 0.3) is 5.91 Å². The summed E-state index contributed by atoms with van der Waals surface area (Å²) >= 11 is 1.67. The van der Waals surface area contributed by atoms with Gasteiger partial charge in [-0.3, -0.25) is 9.59 Å². The minimum atomic E-state index is 0.120. The van der Waals surface area contributed by atoms with Gasteiger partial charge >= 0.3 is 0 Å². The second-order valence-electron chi connectivity index (χ2n) is 7.19. The van der Waals surface area contributed by atoms with Crippen LogP contribution in [0.1, 0.15) is 58.6 Å². The molecule has 1 aromatic heterocycles. The van der Waals surface area contributed by atoms with Crippen molar-refractivity contribution in [3.05, 3.63) is 21.4 Å². The van der Waals surface area contributed by atoms with E-state index in [9.17, 15) is 9.59 Å². The van der Waals surface area contributed by atoms with Crippen molar-refractivity contribution in [3.63, 3.8) is 0 Å². The first kappa shape index (κ1) is 17.5. The molecule has 132 valence electrons. The van der Waals surface area contributed by atoms with E-state index in [1.807, 2.05) is 29.7 Å². The Kier molecular flexibility index (Phi) is 5.59. The van der Waals surface area contributed by atoms with Gasteiger partial charge in [-0.05, 0) is 32.3 Å². The summed E-state index contributed by atoms with van der Waals surface area (Å²) in [5.41, 5.74) is 0.832. The summed E-state index contributed by atoms with van der Waals surface area (Å²) in [5.74, 6) is 1.16. The Morgan fingerprint density at radius 1 is 1.08 bits per heavy atom. The van der Waals surface area contributed by atoms with E-state index in [4.69, 9.17) is 0 Å². The fourth-order valence-electron chi connectivity index (χ4n) is 3.96. The summed E-state index contributed by atoms with van der Waals surface area (Å²) in [7, 11) is 0. The number of hydrogen-bond donors (Lipinski definition) is 0. The Bertz CT molecular complexity index is 597. The Morgan fingerprint density at radius 3 is 2.29 bits per heavy atom. The summed E-state index contributed by atoms with van der Waals surface area (Å²) in [6.07, 6.45) is 7.00. The van der Waals surface area contributed by atoms with Crippen LogP contribution in [0.2, 0.25) is 0 Å². The van der Waals surface area contributed by atoms with E-state index in [2.05, 4.69) is 0 Å². The summed E-state index contributed by atoms with van der Waals surface area (Å²) in [6.45, 7) is 6.71. The van der Waals surface area contributed by atoms with Crippen LogP contribution in [0.3, 0.4) is 0 Å². The average molecular weight is 349 g/mol. The van der Waals surface area contributed by atoms with Crippen molar-refractivity contribution in [2.75, 3.05) is 26.2 Å². The number of carbonyl (C=O) groups is 2. The van der Waals surface area contributed by atoms with Gasteiger partial charge in [-0.2, -0.15) is 0 Å². The third-order valence-corrected chi connectivity index (χ3v) is 6.40. The topological polar surface area (TPSA) is 40.6 Å². The number of nitrogens with zero attached hydrogens (tertiary/aromatic N) is 2. The maximum absolute atomic E-state index is 12.6. The molecular weight excluding hydrogens is 320 g/mol. The van der Waals surface area contributed by atoms with Crippen LogP contribution in [-0.4, -0.2) is 47.8 Å². The van der Waals surface area contributed by atoms with Gasteiger partial charge in [0, 0.05) is 42.4 Å². The fraction of sp³-hybridized carbons (Fsp3) is 0.684. The van der Waals surface area contributed by atoms with E-state index in [1.54, 1.807) is 11.3 Å². The van der Waals surface area contributed by atoms with Gasteiger partial charge in [0.05, 0.1) is 5.56 Å². The van der Waals surface area contributed by atoms with Crippen LogP contribution in [0.25, 0.3) is 0 Å². The standard InChI is InChI=1S/C19H28N2O2S/c1-14-13-17(15(2)24-14)19(23)21-11-9-20(10-12-21)18(22)8-7-16-5-3-4-6-16/h13,16H,3-12H2,1-2H3. The van der Waals surface area contributed by atoms with Gasteiger partial charge in [0.1, 0.15) is 0 Å². The monoisotopic (exact) mass is 348 g/mol.